The Morgan fingerprint density at radius 1 is 1.42 bits per heavy atom. The summed E-state index contributed by atoms with van der Waals surface area (Å²) in [5.74, 6) is 0. The van der Waals surface area contributed by atoms with Gasteiger partial charge in [0.1, 0.15) is 6.29 Å². The average Bonchev–Trinajstić information content (AvgIpc) is 2.57. The molecule has 66 valence electrons. The van der Waals surface area contributed by atoms with Gasteiger partial charge in [0.2, 0.25) is 0 Å². The number of unbranched alkanes of at least 4 members (excludes halogenated alkanes) is 3. The molecule has 1 aromatic heterocycles. The third-order valence-corrected chi connectivity index (χ3v) is 1.72. The molecule has 0 aliphatic heterocycles. The predicted octanol–water partition coefficient (Wildman–Crippen LogP) is 1.11. The third kappa shape index (κ3) is 3.27. The molecule has 0 spiro atoms. The molecule has 1 rings (SSSR count). The molecule has 0 saturated heterocycles. The van der Waals surface area contributed by atoms with E-state index in [-0.39, 0.29) is 0 Å². The Morgan fingerprint density at radius 2 is 2.33 bits per heavy atom. The largest absolute Gasteiger partial charge is 0.303 e. The van der Waals surface area contributed by atoms with Crippen LogP contribution in [0.1, 0.15) is 31.4 Å². The molecule has 0 atom stereocenters. The first-order valence-electron chi connectivity index (χ1n) is 4.22. The minimum atomic E-state index is 0.679. The second-order valence-corrected chi connectivity index (χ2v) is 2.73. The van der Waals surface area contributed by atoms with Crippen LogP contribution in [0.3, 0.4) is 0 Å². The lowest BCUT2D eigenvalue weighted by Gasteiger charge is -1.94. The van der Waals surface area contributed by atoms with E-state index in [1.54, 1.807) is 6.20 Å². The highest BCUT2D eigenvalue weighted by Crippen LogP contribution is 2.02. The van der Waals surface area contributed by atoms with Crippen LogP contribution in [0.15, 0.2) is 6.20 Å². The fourth-order valence-electron chi connectivity index (χ4n) is 1.06. The van der Waals surface area contributed by atoms with E-state index in [1.807, 2.05) is 0 Å². The number of aromatic amines is 1. The van der Waals surface area contributed by atoms with Gasteiger partial charge in [0.05, 0.1) is 11.9 Å². The van der Waals surface area contributed by atoms with Crippen LogP contribution >= 0.6 is 0 Å². The van der Waals surface area contributed by atoms with Gasteiger partial charge >= 0.3 is 0 Å². The fourth-order valence-corrected chi connectivity index (χ4v) is 1.06. The lowest BCUT2D eigenvalue weighted by atomic mass is 10.1. The summed E-state index contributed by atoms with van der Waals surface area (Å²) >= 11 is 0. The van der Waals surface area contributed by atoms with Crippen LogP contribution in [-0.4, -0.2) is 21.7 Å². The molecule has 0 unspecified atom stereocenters. The number of hydrogen-bond donors (Lipinski definition) is 1. The Bertz CT molecular complexity index is 208. The molecule has 12 heavy (non-hydrogen) atoms. The van der Waals surface area contributed by atoms with Crippen molar-refractivity contribution in [3.63, 3.8) is 0 Å². The van der Waals surface area contributed by atoms with Crippen molar-refractivity contribution >= 4 is 6.29 Å². The van der Waals surface area contributed by atoms with Crippen LogP contribution in [0.25, 0.3) is 0 Å². The maximum Gasteiger partial charge on any atom is 0.119 e. The van der Waals surface area contributed by atoms with Gasteiger partial charge in [0.25, 0.3) is 0 Å². The molecule has 1 N–H and O–H groups in total. The highest BCUT2D eigenvalue weighted by Gasteiger charge is 1.94. The standard InChI is InChI=1S/C8H13N3O/c12-6-4-2-1-3-5-8-7-9-11-10-8/h6-7H,1-5H2,(H,9,10,11). The first kappa shape index (κ1) is 8.90. The monoisotopic (exact) mass is 167 g/mol. The first-order valence-corrected chi connectivity index (χ1v) is 4.22. The number of carbonyl (C=O) groups is 1. The summed E-state index contributed by atoms with van der Waals surface area (Å²) in [6, 6.07) is 0. The van der Waals surface area contributed by atoms with Gasteiger partial charge in [-0.05, 0) is 19.3 Å². The zero-order valence-corrected chi connectivity index (χ0v) is 6.99. The van der Waals surface area contributed by atoms with Gasteiger partial charge in [-0.1, -0.05) is 6.42 Å². The van der Waals surface area contributed by atoms with Crippen LogP contribution in [0.2, 0.25) is 0 Å². The molecule has 0 aliphatic carbocycles. The Kier molecular flexibility index (Phi) is 4.05. The normalized spacial score (nSPS) is 10.0. The van der Waals surface area contributed by atoms with Crippen molar-refractivity contribution in [2.24, 2.45) is 0 Å². The molecule has 0 amide bonds. The summed E-state index contributed by atoms with van der Waals surface area (Å²) in [4.78, 5) is 9.97. The van der Waals surface area contributed by atoms with Crippen molar-refractivity contribution in [3.8, 4) is 0 Å². The molecule has 0 radical (unpaired) electrons. The van der Waals surface area contributed by atoms with Gasteiger partial charge < -0.3 is 4.79 Å². The van der Waals surface area contributed by atoms with Gasteiger partial charge in [0, 0.05) is 6.42 Å². The van der Waals surface area contributed by atoms with E-state index in [0.717, 1.165) is 37.7 Å². The zero-order valence-electron chi connectivity index (χ0n) is 6.99. The van der Waals surface area contributed by atoms with Crippen LogP contribution in [0.5, 0.6) is 0 Å². The molecule has 0 saturated carbocycles. The number of nitrogens with zero attached hydrogens (tertiary/aromatic N) is 2. The summed E-state index contributed by atoms with van der Waals surface area (Å²) in [6.07, 6.45) is 7.50. The van der Waals surface area contributed by atoms with Gasteiger partial charge in [0.15, 0.2) is 0 Å². The molecular weight excluding hydrogens is 154 g/mol. The smallest absolute Gasteiger partial charge is 0.119 e. The number of aryl methyl sites for hydroxylation is 1. The van der Waals surface area contributed by atoms with Crippen LogP contribution < -0.4 is 0 Å². The van der Waals surface area contributed by atoms with Crippen LogP contribution in [0, 0.1) is 0 Å². The fraction of sp³-hybridized carbons (Fsp3) is 0.625. The van der Waals surface area contributed by atoms with Crippen molar-refractivity contribution in [1.29, 1.82) is 0 Å². The van der Waals surface area contributed by atoms with Crippen molar-refractivity contribution in [2.45, 2.75) is 32.1 Å². The molecule has 1 heterocycles. The van der Waals surface area contributed by atoms with Crippen LogP contribution in [0.4, 0.5) is 0 Å². The minimum Gasteiger partial charge on any atom is -0.303 e. The lowest BCUT2D eigenvalue weighted by Crippen LogP contribution is -1.86. The Labute approximate surface area is 71.4 Å². The molecule has 0 aromatic carbocycles. The van der Waals surface area contributed by atoms with Crippen LogP contribution in [-0.2, 0) is 11.2 Å². The maximum atomic E-state index is 9.97. The second-order valence-electron chi connectivity index (χ2n) is 2.73. The molecule has 0 fully saturated rings. The minimum absolute atomic E-state index is 0.679. The van der Waals surface area contributed by atoms with Crippen molar-refractivity contribution in [2.75, 3.05) is 0 Å². The van der Waals surface area contributed by atoms with Gasteiger partial charge in [-0.25, -0.2) is 0 Å². The van der Waals surface area contributed by atoms with E-state index in [9.17, 15) is 4.79 Å². The Hall–Kier alpha value is -1.19. The average molecular weight is 167 g/mol. The van der Waals surface area contributed by atoms with Crippen molar-refractivity contribution in [3.05, 3.63) is 11.9 Å². The van der Waals surface area contributed by atoms with Gasteiger partial charge in [-0.15, -0.1) is 0 Å². The quantitative estimate of drug-likeness (QED) is 0.510. The highest BCUT2D eigenvalue weighted by atomic mass is 16.1. The number of rotatable bonds is 6. The Balaban J connectivity index is 2.00. The number of nitrogens with one attached hydrogen (secondary N) is 1. The third-order valence-electron chi connectivity index (χ3n) is 1.72. The van der Waals surface area contributed by atoms with Crippen molar-refractivity contribution in [1.82, 2.24) is 15.4 Å². The van der Waals surface area contributed by atoms with Gasteiger partial charge in [-0.3, -0.25) is 0 Å². The van der Waals surface area contributed by atoms with E-state index < -0.39 is 0 Å². The van der Waals surface area contributed by atoms with Gasteiger partial charge in [-0.2, -0.15) is 15.4 Å². The summed E-state index contributed by atoms with van der Waals surface area (Å²) in [5, 5.41) is 10.2. The molecule has 0 aliphatic rings. The number of H-pyrrole nitrogens is 1. The van der Waals surface area contributed by atoms with E-state index in [2.05, 4.69) is 15.4 Å². The van der Waals surface area contributed by atoms with E-state index in [0.29, 0.717) is 6.42 Å². The molecular formula is C8H13N3O. The summed E-state index contributed by atoms with van der Waals surface area (Å²) in [6.45, 7) is 0. The van der Waals surface area contributed by atoms with Crippen molar-refractivity contribution < 1.29 is 4.79 Å². The topological polar surface area (TPSA) is 58.6 Å². The molecule has 4 nitrogen and oxygen atoms in total. The summed E-state index contributed by atoms with van der Waals surface area (Å²) in [5.41, 5.74) is 1.00. The van der Waals surface area contributed by atoms with E-state index in [1.165, 1.54) is 0 Å². The zero-order chi connectivity index (χ0) is 8.65. The molecule has 0 bridgehead atoms. The number of hydrogen-bond acceptors (Lipinski definition) is 3. The number of aldehydes is 1. The second kappa shape index (κ2) is 5.46. The molecule has 1 aromatic rings. The van der Waals surface area contributed by atoms with E-state index >= 15 is 0 Å². The maximum absolute atomic E-state index is 9.97. The number of carbonyl (C=O) groups excluding carboxylic acids is 1. The van der Waals surface area contributed by atoms with E-state index in [4.69, 9.17) is 0 Å². The summed E-state index contributed by atoms with van der Waals surface area (Å²) in [7, 11) is 0. The highest BCUT2D eigenvalue weighted by molar-refractivity contribution is 5.48. The predicted molar refractivity (Wildman–Crippen MR) is 44.6 cm³/mol. The summed E-state index contributed by atoms with van der Waals surface area (Å²) < 4.78 is 0. The molecule has 4 heteroatoms. The SMILES string of the molecule is O=CCCCCCc1cn[nH]n1. The first-order chi connectivity index (χ1) is 5.93. The number of aromatic nitrogens is 3. The Morgan fingerprint density at radius 3 is 3.00 bits per heavy atom. The lowest BCUT2D eigenvalue weighted by molar-refractivity contribution is -0.107.